The Balaban J connectivity index is 2.06. The third-order valence-corrected chi connectivity index (χ3v) is 3.42. The zero-order valence-corrected chi connectivity index (χ0v) is 9.63. The first-order valence-corrected chi connectivity index (χ1v) is 5.97. The molecule has 0 bridgehead atoms. The van der Waals surface area contributed by atoms with Crippen molar-refractivity contribution in [2.75, 3.05) is 12.3 Å². The van der Waals surface area contributed by atoms with E-state index in [0.29, 0.717) is 11.7 Å². The van der Waals surface area contributed by atoms with Gasteiger partial charge in [0.15, 0.2) is 0 Å². The third kappa shape index (κ3) is 1.88. The normalized spacial score (nSPS) is 19.6. The summed E-state index contributed by atoms with van der Waals surface area (Å²) in [5, 5.41) is 2.22. The van der Waals surface area contributed by atoms with Crippen molar-refractivity contribution < 1.29 is 0 Å². The van der Waals surface area contributed by atoms with Crippen molar-refractivity contribution >= 4 is 22.8 Å². The van der Waals surface area contributed by atoms with E-state index in [1.165, 1.54) is 5.56 Å². The summed E-state index contributed by atoms with van der Waals surface area (Å²) in [4.78, 5) is 8.42. The molecule has 0 radical (unpaired) electrons. The fourth-order valence-corrected chi connectivity index (χ4v) is 2.41. The Morgan fingerprint density at radius 2 is 2.18 bits per heavy atom. The number of rotatable bonds is 1. The Bertz CT molecular complexity index is 575. The lowest BCUT2D eigenvalue weighted by Gasteiger charge is -2.18. The van der Waals surface area contributed by atoms with E-state index in [1.807, 2.05) is 12.3 Å². The number of anilines is 1. The molecule has 0 saturated carbocycles. The van der Waals surface area contributed by atoms with Crippen molar-refractivity contribution in [3.05, 3.63) is 36.0 Å². The Morgan fingerprint density at radius 3 is 3.00 bits per heavy atom. The molecule has 0 fully saturated rings. The largest absolute Gasteiger partial charge is 0.383 e. The van der Waals surface area contributed by atoms with E-state index in [-0.39, 0.29) is 0 Å². The minimum atomic E-state index is 0.580. The maximum Gasteiger partial charge on any atom is 0.131 e. The molecule has 0 aliphatic carbocycles. The van der Waals surface area contributed by atoms with Crippen LogP contribution in [-0.2, 0) is 0 Å². The van der Waals surface area contributed by atoms with Gasteiger partial charge in [0.1, 0.15) is 5.82 Å². The number of pyridine rings is 1. The predicted molar refractivity (Wildman–Crippen MR) is 71.5 cm³/mol. The second-order valence-corrected chi connectivity index (χ2v) is 4.49. The van der Waals surface area contributed by atoms with E-state index >= 15 is 0 Å². The van der Waals surface area contributed by atoms with Gasteiger partial charge in [0.05, 0.1) is 0 Å². The average molecular weight is 225 g/mol. The zero-order valence-electron chi connectivity index (χ0n) is 9.63. The summed E-state index contributed by atoms with van der Waals surface area (Å²) < 4.78 is 0. The molecular weight excluding hydrogens is 210 g/mol. The SMILES string of the molecule is Nc1nccc2ccc(C3CC=NCC3)cc12. The molecule has 0 spiro atoms. The Morgan fingerprint density at radius 1 is 1.24 bits per heavy atom. The molecule has 3 heteroatoms. The summed E-state index contributed by atoms with van der Waals surface area (Å²) in [5.41, 5.74) is 7.27. The molecule has 2 heterocycles. The first-order valence-electron chi connectivity index (χ1n) is 5.97. The van der Waals surface area contributed by atoms with Gasteiger partial charge in [-0.15, -0.1) is 0 Å². The standard InChI is InChI=1S/C14H15N3/c15-14-13-9-12(10-3-6-16-7-4-10)2-1-11(13)5-8-17-14/h1-2,5-6,8-10H,3-4,7H2,(H2,15,17). The van der Waals surface area contributed by atoms with Gasteiger partial charge in [-0.25, -0.2) is 4.98 Å². The van der Waals surface area contributed by atoms with Crippen LogP contribution in [0.25, 0.3) is 10.8 Å². The minimum Gasteiger partial charge on any atom is -0.383 e. The molecule has 0 amide bonds. The van der Waals surface area contributed by atoms with Crippen molar-refractivity contribution in [2.45, 2.75) is 18.8 Å². The number of benzene rings is 1. The summed E-state index contributed by atoms with van der Waals surface area (Å²) in [6.07, 6.45) is 5.95. The fourth-order valence-electron chi connectivity index (χ4n) is 2.41. The lowest BCUT2D eigenvalue weighted by molar-refractivity contribution is 0.638. The van der Waals surface area contributed by atoms with Gasteiger partial charge in [0.25, 0.3) is 0 Å². The van der Waals surface area contributed by atoms with Crippen LogP contribution in [0.15, 0.2) is 35.5 Å². The van der Waals surface area contributed by atoms with Gasteiger partial charge < -0.3 is 5.73 Å². The van der Waals surface area contributed by atoms with Crippen molar-refractivity contribution in [1.29, 1.82) is 0 Å². The Labute approximate surface area is 100 Å². The van der Waals surface area contributed by atoms with E-state index in [0.717, 1.165) is 30.2 Å². The molecule has 86 valence electrons. The molecule has 1 aliphatic heterocycles. The maximum atomic E-state index is 5.92. The molecule has 3 rings (SSSR count). The fraction of sp³-hybridized carbons (Fsp3) is 0.286. The minimum absolute atomic E-state index is 0.580. The van der Waals surface area contributed by atoms with Gasteiger partial charge in [-0.05, 0) is 48.1 Å². The monoisotopic (exact) mass is 225 g/mol. The summed E-state index contributed by atoms with van der Waals surface area (Å²) in [6.45, 7) is 0.936. The molecule has 2 N–H and O–H groups in total. The number of hydrogen-bond acceptors (Lipinski definition) is 3. The van der Waals surface area contributed by atoms with Crippen molar-refractivity contribution in [1.82, 2.24) is 4.98 Å². The first-order chi connectivity index (χ1) is 8.34. The summed E-state index contributed by atoms with van der Waals surface area (Å²) in [5.74, 6) is 1.20. The summed E-state index contributed by atoms with van der Waals surface area (Å²) >= 11 is 0. The molecule has 1 aliphatic rings. The van der Waals surface area contributed by atoms with E-state index in [4.69, 9.17) is 5.73 Å². The number of nitrogens with zero attached hydrogens (tertiary/aromatic N) is 2. The smallest absolute Gasteiger partial charge is 0.131 e. The van der Waals surface area contributed by atoms with Gasteiger partial charge in [0.2, 0.25) is 0 Å². The lowest BCUT2D eigenvalue weighted by Crippen LogP contribution is -2.06. The van der Waals surface area contributed by atoms with Crippen molar-refractivity contribution in [3.8, 4) is 0 Å². The Kier molecular flexibility index (Phi) is 2.52. The van der Waals surface area contributed by atoms with E-state index in [1.54, 1.807) is 6.20 Å². The zero-order chi connectivity index (χ0) is 11.7. The number of nitrogen functional groups attached to an aromatic ring is 1. The van der Waals surface area contributed by atoms with Crippen LogP contribution in [0.2, 0.25) is 0 Å². The second-order valence-electron chi connectivity index (χ2n) is 4.49. The summed E-state index contributed by atoms with van der Waals surface area (Å²) in [7, 11) is 0. The van der Waals surface area contributed by atoms with Gasteiger partial charge in [-0.1, -0.05) is 12.1 Å². The van der Waals surface area contributed by atoms with E-state index in [9.17, 15) is 0 Å². The molecular formula is C14H15N3. The highest BCUT2D eigenvalue weighted by molar-refractivity contribution is 5.91. The maximum absolute atomic E-state index is 5.92. The van der Waals surface area contributed by atoms with Gasteiger partial charge >= 0.3 is 0 Å². The van der Waals surface area contributed by atoms with Crippen LogP contribution in [0.4, 0.5) is 5.82 Å². The van der Waals surface area contributed by atoms with Crippen LogP contribution in [-0.4, -0.2) is 17.7 Å². The number of nitrogens with two attached hydrogens (primary N) is 1. The molecule has 17 heavy (non-hydrogen) atoms. The number of aliphatic imine (C=N–C) groups is 1. The highest BCUT2D eigenvalue weighted by Gasteiger charge is 2.13. The second kappa shape index (κ2) is 4.17. The number of aromatic nitrogens is 1. The molecule has 2 aromatic rings. The van der Waals surface area contributed by atoms with Crippen LogP contribution in [0.5, 0.6) is 0 Å². The quantitative estimate of drug-likeness (QED) is 0.811. The number of fused-ring (bicyclic) bond motifs is 1. The highest BCUT2D eigenvalue weighted by Crippen LogP contribution is 2.29. The molecule has 1 atom stereocenters. The predicted octanol–water partition coefficient (Wildman–Crippen LogP) is 2.77. The van der Waals surface area contributed by atoms with Crippen LogP contribution in [0.1, 0.15) is 24.3 Å². The molecule has 3 nitrogen and oxygen atoms in total. The van der Waals surface area contributed by atoms with Gasteiger partial charge in [-0.3, -0.25) is 4.99 Å². The average Bonchev–Trinajstić information content (AvgIpc) is 2.40. The Hall–Kier alpha value is -1.90. The molecule has 1 aromatic carbocycles. The van der Waals surface area contributed by atoms with Gasteiger partial charge in [0, 0.05) is 18.1 Å². The van der Waals surface area contributed by atoms with Crippen molar-refractivity contribution in [3.63, 3.8) is 0 Å². The van der Waals surface area contributed by atoms with Crippen molar-refractivity contribution in [2.24, 2.45) is 4.99 Å². The summed E-state index contributed by atoms with van der Waals surface area (Å²) in [6, 6.07) is 8.51. The van der Waals surface area contributed by atoms with Crippen LogP contribution in [0, 0.1) is 0 Å². The molecule has 0 saturated heterocycles. The third-order valence-electron chi connectivity index (χ3n) is 3.42. The van der Waals surface area contributed by atoms with Gasteiger partial charge in [-0.2, -0.15) is 0 Å². The highest BCUT2D eigenvalue weighted by atomic mass is 14.8. The van der Waals surface area contributed by atoms with E-state index in [2.05, 4.69) is 28.2 Å². The molecule has 1 aromatic heterocycles. The first kappa shape index (κ1) is 10.3. The molecule has 1 unspecified atom stereocenters. The topological polar surface area (TPSA) is 51.3 Å². The number of hydrogen-bond donors (Lipinski definition) is 1. The van der Waals surface area contributed by atoms with Crippen LogP contribution in [0.3, 0.4) is 0 Å². The van der Waals surface area contributed by atoms with Crippen LogP contribution < -0.4 is 5.73 Å². The van der Waals surface area contributed by atoms with E-state index < -0.39 is 0 Å². The van der Waals surface area contributed by atoms with Crippen LogP contribution >= 0.6 is 0 Å². The lowest BCUT2D eigenvalue weighted by atomic mass is 9.90.